The Hall–Kier alpha value is -1.97. The summed E-state index contributed by atoms with van der Waals surface area (Å²) in [6.45, 7) is 4.04. The van der Waals surface area contributed by atoms with Gasteiger partial charge in [-0.2, -0.15) is 5.26 Å². The van der Waals surface area contributed by atoms with Crippen molar-refractivity contribution >= 4 is 45.8 Å². The first-order valence-corrected chi connectivity index (χ1v) is 8.54. The predicted octanol–water partition coefficient (Wildman–Crippen LogP) is 5.58. The van der Waals surface area contributed by atoms with Crippen molar-refractivity contribution in [3.63, 3.8) is 0 Å². The second-order valence-electron chi connectivity index (χ2n) is 4.78. The minimum atomic E-state index is 0.393. The highest BCUT2D eigenvalue weighted by Crippen LogP contribution is 2.35. The van der Waals surface area contributed by atoms with Gasteiger partial charge in [-0.1, -0.05) is 42.5 Å². The average molecular weight is 452 g/mol. The van der Waals surface area contributed by atoms with Crippen LogP contribution in [-0.2, 0) is 0 Å². The molecule has 5 heteroatoms. The number of nitriles is 1. The molecule has 0 amide bonds. The van der Waals surface area contributed by atoms with Gasteiger partial charge in [0.05, 0.1) is 22.3 Å². The van der Waals surface area contributed by atoms with Gasteiger partial charge in [0.2, 0.25) is 0 Å². The Kier molecular flexibility index (Phi) is 6.71. The highest BCUT2D eigenvalue weighted by molar-refractivity contribution is 14.1. The molecule has 3 nitrogen and oxygen atoms in total. The summed E-state index contributed by atoms with van der Waals surface area (Å²) >= 11 is 8.37. The molecule has 0 saturated carbocycles. The summed E-state index contributed by atoms with van der Waals surface area (Å²) in [7, 11) is 1.58. The fourth-order valence-electron chi connectivity index (χ4n) is 2.12. The van der Waals surface area contributed by atoms with Gasteiger partial charge in [-0.3, -0.25) is 0 Å². The summed E-state index contributed by atoms with van der Waals surface area (Å²) < 4.78 is 11.9. The first kappa shape index (κ1) is 18.4. The van der Waals surface area contributed by atoms with Gasteiger partial charge in [-0.15, -0.1) is 0 Å². The lowest BCUT2D eigenvalue weighted by atomic mass is 10.0. The molecule has 0 unspecified atom stereocenters. The van der Waals surface area contributed by atoms with E-state index in [1.54, 1.807) is 25.3 Å². The third kappa shape index (κ3) is 4.31. The van der Waals surface area contributed by atoms with Crippen LogP contribution in [0, 0.1) is 14.9 Å². The van der Waals surface area contributed by atoms with Crippen LogP contribution in [-0.4, -0.2) is 13.7 Å². The first-order chi connectivity index (χ1) is 11.6. The SMILES string of the molecule is C=CCOc1c(I)cc(C=C(C#N)c2ccccc2Cl)cc1OC. The molecule has 2 rings (SSSR count). The van der Waals surface area contributed by atoms with E-state index in [9.17, 15) is 5.26 Å². The highest BCUT2D eigenvalue weighted by atomic mass is 127. The van der Waals surface area contributed by atoms with Gasteiger partial charge in [-0.25, -0.2) is 0 Å². The molecular formula is C19H15ClINO2. The van der Waals surface area contributed by atoms with Gasteiger partial charge >= 0.3 is 0 Å². The molecule has 0 saturated heterocycles. The predicted molar refractivity (Wildman–Crippen MR) is 106 cm³/mol. The molecule has 2 aromatic rings. The molecular weight excluding hydrogens is 437 g/mol. The van der Waals surface area contributed by atoms with Crippen LogP contribution in [0.15, 0.2) is 49.1 Å². The molecule has 0 N–H and O–H groups in total. The zero-order chi connectivity index (χ0) is 17.5. The monoisotopic (exact) mass is 451 g/mol. The summed E-state index contributed by atoms with van der Waals surface area (Å²) in [4.78, 5) is 0. The molecule has 0 radical (unpaired) electrons. The molecule has 0 aliphatic rings. The van der Waals surface area contributed by atoms with Crippen molar-refractivity contribution < 1.29 is 9.47 Å². The van der Waals surface area contributed by atoms with Crippen LogP contribution < -0.4 is 9.47 Å². The van der Waals surface area contributed by atoms with E-state index in [0.29, 0.717) is 34.3 Å². The zero-order valence-electron chi connectivity index (χ0n) is 13.1. The van der Waals surface area contributed by atoms with Gasteiger partial charge in [0.25, 0.3) is 0 Å². The third-order valence-corrected chi connectivity index (χ3v) is 4.32. The summed E-state index contributed by atoms with van der Waals surface area (Å²) in [5, 5.41) is 10.0. The summed E-state index contributed by atoms with van der Waals surface area (Å²) in [6.07, 6.45) is 3.46. The van der Waals surface area contributed by atoms with Crippen LogP contribution in [0.5, 0.6) is 11.5 Å². The van der Waals surface area contributed by atoms with E-state index in [-0.39, 0.29) is 0 Å². The molecule has 0 atom stereocenters. The molecule has 122 valence electrons. The van der Waals surface area contributed by atoms with Crippen molar-refractivity contribution in [3.8, 4) is 17.6 Å². The van der Waals surface area contributed by atoms with E-state index in [0.717, 1.165) is 9.13 Å². The maximum atomic E-state index is 9.49. The molecule has 0 bridgehead atoms. The molecule has 0 spiro atoms. The Morgan fingerprint density at radius 3 is 2.75 bits per heavy atom. The normalized spacial score (nSPS) is 10.8. The molecule has 24 heavy (non-hydrogen) atoms. The first-order valence-electron chi connectivity index (χ1n) is 7.08. The second-order valence-corrected chi connectivity index (χ2v) is 6.35. The van der Waals surface area contributed by atoms with Gasteiger partial charge in [0, 0.05) is 10.6 Å². The maximum Gasteiger partial charge on any atom is 0.174 e. The number of rotatable bonds is 6. The molecule has 0 aromatic heterocycles. The number of ether oxygens (including phenoxy) is 2. The fraction of sp³-hybridized carbons (Fsp3) is 0.105. The van der Waals surface area contributed by atoms with Crippen molar-refractivity contribution in [1.82, 2.24) is 0 Å². The van der Waals surface area contributed by atoms with E-state index < -0.39 is 0 Å². The van der Waals surface area contributed by atoms with Crippen LogP contribution in [0.2, 0.25) is 5.02 Å². The largest absolute Gasteiger partial charge is 0.493 e. The summed E-state index contributed by atoms with van der Waals surface area (Å²) in [5.41, 5.74) is 2.01. The number of hydrogen-bond acceptors (Lipinski definition) is 3. The lowest BCUT2D eigenvalue weighted by molar-refractivity contribution is 0.324. The smallest absolute Gasteiger partial charge is 0.174 e. The lowest BCUT2D eigenvalue weighted by Gasteiger charge is -2.12. The summed E-state index contributed by atoms with van der Waals surface area (Å²) in [6, 6.07) is 13.2. The van der Waals surface area contributed by atoms with Crippen molar-refractivity contribution in [2.75, 3.05) is 13.7 Å². The number of hydrogen-bond donors (Lipinski definition) is 0. The van der Waals surface area contributed by atoms with Crippen molar-refractivity contribution in [1.29, 1.82) is 5.26 Å². The molecule has 0 aliphatic heterocycles. The van der Waals surface area contributed by atoms with Gasteiger partial charge < -0.3 is 9.47 Å². The Bertz CT molecular complexity index is 825. The quantitative estimate of drug-likeness (QED) is 0.249. The van der Waals surface area contributed by atoms with E-state index in [1.807, 2.05) is 30.3 Å². The van der Waals surface area contributed by atoms with Crippen molar-refractivity contribution in [3.05, 3.63) is 68.8 Å². The Morgan fingerprint density at radius 2 is 2.12 bits per heavy atom. The number of allylic oxidation sites excluding steroid dienone is 1. The zero-order valence-corrected chi connectivity index (χ0v) is 16.0. The molecule has 0 fully saturated rings. The van der Waals surface area contributed by atoms with E-state index in [2.05, 4.69) is 35.2 Å². The summed E-state index contributed by atoms with van der Waals surface area (Å²) in [5.74, 6) is 1.26. The van der Waals surface area contributed by atoms with E-state index >= 15 is 0 Å². The van der Waals surface area contributed by atoms with Crippen molar-refractivity contribution in [2.45, 2.75) is 0 Å². The van der Waals surface area contributed by atoms with Gasteiger partial charge in [-0.05, 0) is 52.4 Å². The Labute approximate surface area is 160 Å². The minimum absolute atomic E-state index is 0.393. The Balaban J connectivity index is 2.48. The van der Waals surface area contributed by atoms with Crippen LogP contribution in [0.25, 0.3) is 11.6 Å². The topological polar surface area (TPSA) is 42.2 Å². The van der Waals surface area contributed by atoms with Crippen LogP contribution in [0.4, 0.5) is 0 Å². The number of nitrogens with zero attached hydrogens (tertiary/aromatic N) is 1. The second kappa shape index (κ2) is 8.76. The average Bonchev–Trinajstić information content (AvgIpc) is 2.59. The third-order valence-electron chi connectivity index (χ3n) is 3.19. The highest BCUT2D eigenvalue weighted by Gasteiger charge is 2.12. The minimum Gasteiger partial charge on any atom is -0.493 e. The molecule has 0 heterocycles. The maximum absolute atomic E-state index is 9.49. The number of halogens is 2. The van der Waals surface area contributed by atoms with Crippen molar-refractivity contribution in [2.24, 2.45) is 0 Å². The van der Waals surface area contributed by atoms with Crippen LogP contribution >= 0.6 is 34.2 Å². The lowest BCUT2D eigenvalue weighted by Crippen LogP contribution is -1.99. The Morgan fingerprint density at radius 1 is 1.38 bits per heavy atom. The van der Waals surface area contributed by atoms with Gasteiger partial charge in [0.1, 0.15) is 6.61 Å². The molecule has 2 aromatic carbocycles. The standard InChI is InChI=1S/C19H15ClINO2/c1-3-8-24-19-17(21)10-13(11-18(19)23-2)9-14(12-22)15-6-4-5-7-16(15)20/h3-7,9-11H,1,8H2,2H3. The van der Waals surface area contributed by atoms with Gasteiger partial charge in [0.15, 0.2) is 11.5 Å². The van der Waals surface area contributed by atoms with E-state index in [1.165, 1.54) is 0 Å². The van der Waals surface area contributed by atoms with E-state index in [4.69, 9.17) is 21.1 Å². The fourth-order valence-corrected chi connectivity index (χ4v) is 3.14. The molecule has 0 aliphatic carbocycles. The van der Waals surface area contributed by atoms with Crippen LogP contribution in [0.1, 0.15) is 11.1 Å². The number of methoxy groups -OCH3 is 1. The van der Waals surface area contributed by atoms with Crippen LogP contribution in [0.3, 0.4) is 0 Å². The number of benzene rings is 2.